The van der Waals surface area contributed by atoms with Crippen molar-refractivity contribution >= 4 is 27.5 Å². The Balaban J connectivity index is 2.27. The number of hydrogen-bond acceptors (Lipinski definition) is 2. The largest absolute Gasteiger partial charge is 0.496 e. The highest BCUT2D eigenvalue weighted by atomic mass is 79.9. The van der Waals surface area contributed by atoms with Crippen molar-refractivity contribution in [2.24, 2.45) is 0 Å². The van der Waals surface area contributed by atoms with Crippen molar-refractivity contribution in [3.63, 3.8) is 0 Å². The third-order valence-electron chi connectivity index (χ3n) is 3.10. The van der Waals surface area contributed by atoms with Gasteiger partial charge in [-0.25, -0.2) is 0 Å². The molecule has 2 aromatic rings. The van der Waals surface area contributed by atoms with E-state index in [4.69, 9.17) is 16.3 Å². The maximum absolute atomic E-state index is 10.4. The fraction of sp³-hybridized carbons (Fsp3) is 0.250. The number of aliphatic hydroxyl groups excluding tert-OH is 1. The van der Waals surface area contributed by atoms with Crippen molar-refractivity contribution in [3.8, 4) is 5.75 Å². The maximum Gasteiger partial charge on any atom is 0.122 e. The Bertz CT molecular complexity index is 593. The van der Waals surface area contributed by atoms with Crippen molar-refractivity contribution in [3.05, 3.63) is 62.6 Å². The number of aliphatic hydroxyl groups is 1. The molecule has 0 saturated carbocycles. The van der Waals surface area contributed by atoms with E-state index in [1.807, 2.05) is 37.3 Å². The Hall–Kier alpha value is -1.03. The van der Waals surface area contributed by atoms with E-state index in [1.54, 1.807) is 13.2 Å². The van der Waals surface area contributed by atoms with Gasteiger partial charge in [-0.1, -0.05) is 33.6 Å². The van der Waals surface area contributed by atoms with Crippen molar-refractivity contribution in [1.29, 1.82) is 0 Å². The van der Waals surface area contributed by atoms with Crippen LogP contribution in [0.5, 0.6) is 5.75 Å². The first kappa shape index (κ1) is 15.4. The fourth-order valence-corrected chi connectivity index (χ4v) is 3.01. The van der Waals surface area contributed by atoms with E-state index in [0.717, 1.165) is 26.9 Å². The summed E-state index contributed by atoms with van der Waals surface area (Å²) >= 11 is 9.46. The van der Waals surface area contributed by atoms with Gasteiger partial charge in [-0.15, -0.1) is 0 Å². The summed E-state index contributed by atoms with van der Waals surface area (Å²) in [4.78, 5) is 0. The van der Waals surface area contributed by atoms with E-state index in [1.165, 1.54) is 0 Å². The molecule has 0 radical (unpaired) electrons. The van der Waals surface area contributed by atoms with Gasteiger partial charge >= 0.3 is 0 Å². The van der Waals surface area contributed by atoms with Crippen LogP contribution in [0.4, 0.5) is 0 Å². The molecule has 0 spiro atoms. The predicted octanol–water partition coefficient (Wildman–Crippen LogP) is 4.70. The smallest absolute Gasteiger partial charge is 0.122 e. The van der Waals surface area contributed by atoms with Gasteiger partial charge in [-0.05, 0) is 53.9 Å². The van der Waals surface area contributed by atoms with Gasteiger partial charge in [-0.2, -0.15) is 0 Å². The first-order valence-corrected chi connectivity index (χ1v) is 7.44. The van der Waals surface area contributed by atoms with Crippen LogP contribution >= 0.6 is 27.5 Å². The molecule has 0 fully saturated rings. The number of rotatable bonds is 4. The number of methoxy groups -OCH3 is 1. The van der Waals surface area contributed by atoms with Crippen LogP contribution in [0.2, 0.25) is 5.02 Å². The highest BCUT2D eigenvalue weighted by Gasteiger charge is 2.13. The SMILES string of the molecule is COc1ccc(Cl)cc1CC(O)c1cc(C)cc(Br)c1. The van der Waals surface area contributed by atoms with E-state index >= 15 is 0 Å². The molecule has 0 aliphatic heterocycles. The summed E-state index contributed by atoms with van der Waals surface area (Å²) in [6, 6.07) is 11.3. The van der Waals surface area contributed by atoms with Gasteiger partial charge in [0, 0.05) is 15.9 Å². The molecule has 1 unspecified atom stereocenters. The van der Waals surface area contributed by atoms with Crippen molar-refractivity contribution in [1.82, 2.24) is 0 Å². The van der Waals surface area contributed by atoms with Gasteiger partial charge in [0.15, 0.2) is 0 Å². The molecule has 1 atom stereocenters. The zero-order valence-corrected chi connectivity index (χ0v) is 13.7. The van der Waals surface area contributed by atoms with Gasteiger partial charge < -0.3 is 9.84 Å². The second kappa shape index (κ2) is 6.61. The van der Waals surface area contributed by atoms with Crippen LogP contribution in [-0.2, 0) is 6.42 Å². The highest BCUT2D eigenvalue weighted by molar-refractivity contribution is 9.10. The molecule has 106 valence electrons. The molecule has 20 heavy (non-hydrogen) atoms. The van der Waals surface area contributed by atoms with Crippen molar-refractivity contribution in [2.45, 2.75) is 19.4 Å². The van der Waals surface area contributed by atoms with E-state index < -0.39 is 6.10 Å². The molecular weight excluding hydrogens is 340 g/mol. The normalized spacial score (nSPS) is 12.2. The Morgan fingerprint density at radius 2 is 2.00 bits per heavy atom. The number of ether oxygens (including phenoxy) is 1. The van der Waals surface area contributed by atoms with Crippen LogP contribution in [0.15, 0.2) is 40.9 Å². The number of benzene rings is 2. The second-order valence-corrected chi connectivity index (χ2v) is 6.09. The summed E-state index contributed by atoms with van der Waals surface area (Å²) in [5, 5.41) is 11.1. The van der Waals surface area contributed by atoms with E-state index in [2.05, 4.69) is 15.9 Å². The lowest BCUT2D eigenvalue weighted by atomic mass is 9.99. The molecule has 0 amide bonds. The minimum atomic E-state index is -0.599. The van der Waals surface area contributed by atoms with Crippen LogP contribution in [0.25, 0.3) is 0 Å². The van der Waals surface area contributed by atoms with E-state index in [-0.39, 0.29) is 0 Å². The minimum absolute atomic E-state index is 0.458. The van der Waals surface area contributed by atoms with Crippen molar-refractivity contribution < 1.29 is 9.84 Å². The molecule has 0 aromatic heterocycles. The van der Waals surface area contributed by atoms with E-state index in [9.17, 15) is 5.11 Å². The van der Waals surface area contributed by atoms with Gasteiger partial charge in [0.25, 0.3) is 0 Å². The zero-order chi connectivity index (χ0) is 14.7. The quantitative estimate of drug-likeness (QED) is 0.861. The predicted molar refractivity (Wildman–Crippen MR) is 85.5 cm³/mol. The van der Waals surface area contributed by atoms with Gasteiger partial charge in [-0.3, -0.25) is 0 Å². The van der Waals surface area contributed by atoms with Crippen LogP contribution in [0.1, 0.15) is 22.8 Å². The van der Waals surface area contributed by atoms with Gasteiger partial charge in [0.1, 0.15) is 5.75 Å². The maximum atomic E-state index is 10.4. The first-order chi connectivity index (χ1) is 9.49. The summed E-state index contributed by atoms with van der Waals surface area (Å²) in [6.07, 6.45) is -0.141. The topological polar surface area (TPSA) is 29.5 Å². The molecule has 0 aliphatic carbocycles. The number of hydrogen-bond donors (Lipinski definition) is 1. The molecule has 2 aromatic carbocycles. The molecular formula is C16H16BrClO2. The number of aryl methyl sites for hydroxylation is 1. The van der Waals surface area contributed by atoms with Crippen LogP contribution in [0, 0.1) is 6.92 Å². The minimum Gasteiger partial charge on any atom is -0.496 e. The summed E-state index contributed by atoms with van der Waals surface area (Å²) in [7, 11) is 1.61. The summed E-state index contributed by atoms with van der Waals surface area (Å²) < 4.78 is 6.27. The van der Waals surface area contributed by atoms with Gasteiger partial charge in [0.2, 0.25) is 0 Å². The lowest BCUT2D eigenvalue weighted by molar-refractivity contribution is 0.177. The average molecular weight is 356 g/mol. The molecule has 4 heteroatoms. The molecule has 1 N–H and O–H groups in total. The Morgan fingerprint density at radius 3 is 2.65 bits per heavy atom. The van der Waals surface area contributed by atoms with Crippen molar-refractivity contribution in [2.75, 3.05) is 7.11 Å². The lowest BCUT2D eigenvalue weighted by Gasteiger charge is -2.15. The van der Waals surface area contributed by atoms with Crippen LogP contribution < -0.4 is 4.74 Å². The highest BCUT2D eigenvalue weighted by Crippen LogP contribution is 2.29. The Morgan fingerprint density at radius 1 is 1.25 bits per heavy atom. The molecule has 0 saturated heterocycles. The average Bonchev–Trinajstić information content (AvgIpc) is 2.37. The Kier molecular flexibility index (Phi) is 5.08. The standard InChI is InChI=1S/C16H16BrClO2/c1-10-5-11(7-13(17)6-10)15(19)9-12-8-14(18)3-4-16(12)20-2/h3-8,15,19H,9H2,1-2H3. The first-order valence-electron chi connectivity index (χ1n) is 6.27. The zero-order valence-electron chi connectivity index (χ0n) is 11.4. The second-order valence-electron chi connectivity index (χ2n) is 4.74. The molecule has 0 heterocycles. The molecule has 2 rings (SSSR count). The summed E-state index contributed by atoms with van der Waals surface area (Å²) in [6.45, 7) is 2.00. The molecule has 0 aliphatic rings. The fourth-order valence-electron chi connectivity index (χ4n) is 2.19. The van der Waals surface area contributed by atoms with Crippen LogP contribution in [0.3, 0.4) is 0 Å². The lowest BCUT2D eigenvalue weighted by Crippen LogP contribution is -2.04. The molecule has 2 nitrogen and oxygen atoms in total. The number of halogens is 2. The van der Waals surface area contributed by atoms with E-state index in [0.29, 0.717) is 11.4 Å². The Labute approximate surface area is 132 Å². The summed E-state index contributed by atoms with van der Waals surface area (Å²) in [5.41, 5.74) is 2.87. The van der Waals surface area contributed by atoms with Crippen LogP contribution in [-0.4, -0.2) is 12.2 Å². The van der Waals surface area contributed by atoms with Gasteiger partial charge in [0.05, 0.1) is 13.2 Å². The third kappa shape index (κ3) is 3.75. The monoisotopic (exact) mass is 354 g/mol. The molecule has 0 bridgehead atoms. The summed E-state index contributed by atoms with van der Waals surface area (Å²) in [5.74, 6) is 0.736. The third-order valence-corrected chi connectivity index (χ3v) is 3.80.